The molecule has 3 N–H and O–H groups in total. The third-order valence-electron chi connectivity index (χ3n) is 3.06. The molecule has 0 spiro atoms. The summed E-state index contributed by atoms with van der Waals surface area (Å²) in [4.78, 5) is 13.7. The monoisotopic (exact) mass is 247 g/mol. The molecule has 0 aromatic heterocycles. The summed E-state index contributed by atoms with van der Waals surface area (Å²) in [6.45, 7) is 1.21. The number of carbonyl (C=O) groups excluding carboxylic acids is 1. The number of hydrogen-bond acceptors (Lipinski definition) is 3. The molecule has 0 aliphatic carbocycles. The topological polar surface area (TPSA) is 79.4 Å². The Kier molecular flexibility index (Phi) is 3.82. The summed E-state index contributed by atoms with van der Waals surface area (Å²) >= 11 is 0. The molecule has 1 aliphatic rings. The molecule has 0 saturated carbocycles. The molecule has 2 rings (SSSR count). The van der Waals surface area contributed by atoms with Crippen molar-refractivity contribution in [3.8, 4) is 5.75 Å². The maximum Gasteiger partial charge on any atom is 0.316 e. The predicted molar refractivity (Wildman–Crippen MR) is 68.3 cm³/mol. The van der Waals surface area contributed by atoms with Gasteiger partial charge in [0.15, 0.2) is 5.96 Å². The molecular formula is C13H17N3O2. The van der Waals surface area contributed by atoms with Crippen molar-refractivity contribution >= 4 is 11.9 Å². The number of likely N-dealkylation sites (tertiary alicyclic amines) is 1. The first-order valence-electron chi connectivity index (χ1n) is 6.02. The number of nitrogens with one attached hydrogen (secondary N) is 1. The fourth-order valence-electron chi connectivity index (χ4n) is 2.08. The van der Waals surface area contributed by atoms with E-state index in [2.05, 4.69) is 0 Å². The van der Waals surface area contributed by atoms with E-state index >= 15 is 0 Å². The fraction of sp³-hybridized carbons (Fsp3) is 0.385. The molecule has 0 amide bonds. The number of para-hydroxylation sites is 1. The molecule has 96 valence electrons. The van der Waals surface area contributed by atoms with E-state index in [4.69, 9.17) is 15.9 Å². The number of carbonyl (C=O) groups is 1. The van der Waals surface area contributed by atoms with Gasteiger partial charge in [-0.15, -0.1) is 0 Å². The lowest BCUT2D eigenvalue weighted by Gasteiger charge is -2.31. The molecule has 1 unspecified atom stereocenters. The minimum Gasteiger partial charge on any atom is -0.426 e. The van der Waals surface area contributed by atoms with Gasteiger partial charge < -0.3 is 15.4 Å². The van der Waals surface area contributed by atoms with Crippen LogP contribution in [0.15, 0.2) is 30.3 Å². The van der Waals surface area contributed by atoms with Crippen molar-refractivity contribution in [1.82, 2.24) is 4.90 Å². The van der Waals surface area contributed by atoms with Crippen molar-refractivity contribution < 1.29 is 9.53 Å². The Labute approximate surface area is 106 Å². The van der Waals surface area contributed by atoms with Gasteiger partial charge in [0.05, 0.1) is 5.92 Å². The molecule has 1 aromatic carbocycles. The highest BCUT2D eigenvalue weighted by Crippen LogP contribution is 2.19. The van der Waals surface area contributed by atoms with E-state index in [9.17, 15) is 4.79 Å². The second kappa shape index (κ2) is 5.53. The van der Waals surface area contributed by atoms with Crippen LogP contribution in [0.25, 0.3) is 0 Å². The van der Waals surface area contributed by atoms with E-state index in [1.54, 1.807) is 17.0 Å². The Morgan fingerprint density at radius 2 is 2.11 bits per heavy atom. The van der Waals surface area contributed by atoms with Crippen LogP contribution in [0.4, 0.5) is 0 Å². The molecular weight excluding hydrogens is 230 g/mol. The summed E-state index contributed by atoms with van der Waals surface area (Å²) in [5, 5.41) is 7.39. The average molecular weight is 247 g/mol. The second-order valence-corrected chi connectivity index (χ2v) is 4.40. The summed E-state index contributed by atoms with van der Waals surface area (Å²) in [6.07, 6.45) is 1.64. The largest absolute Gasteiger partial charge is 0.426 e. The van der Waals surface area contributed by atoms with E-state index in [1.165, 1.54) is 0 Å². The van der Waals surface area contributed by atoms with Crippen LogP contribution in [0.2, 0.25) is 0 Å². The Hall–Kier alpha value is -2.04. The van der Waals surface area contributed by atoms with E-state index < -0.39 is 0 Å². The zero-order valence-electron chi connectivity index (χ0n) is 10.1. The zero-order chi connectivity index (χ0) is 13.0. The van der Waals surface area contributed by atoms with Crippen molar-refractivity contribution in [1.29, 1.82) is 5.41 Å². The lowest BCUT2D eigenvalue weighted by molar-refractivity contribution is -0.140. The number of guanidine groups is 1. The molecule has 1 aliphatic heterocycles. The number of rotatable bonds is 2. The van der Waals surface area contributed by atoms with Crippen molar-refractivity contribution in [3.05, 3.63) is 30.3 Å². The van der Waals surface area contributed by atoms with Crippen molar-refractivity contribution in [2.45, 2.75) is 12.8 Å². The molecule has 1 aromatic rings. The Bertz CT molecular complexity index is 433. The van der Waals surface area contributed by atoms with E-state index in [0.29, 0.717) is 12.3 Å². The van der Waals surface area contributed by atoms with Crippen LogP contribution in [0, 0.1) is 11.3 Å². The van der Waals surface area contributed by atoms with Crippen LogP contribution in [-0.4, -0.2) is 29.9 Å². The number of esters is 1. The van der Waals surface area contributed by atoms with Gasteiger partial charge in [-0.1, -0.05) is 18.2 Å². The van der Waals surface area contributed by atoms with Crippen molar-refractivity contribution in [2.75, 3.05) is 13.1 Å². The maximum absolute atomic E-state index is 12.0. The molecule has 5 nitrogen and oxygen atoms in total. The van der Waals surface area contributed by atoms with Gasteiger partial charge in [-0.05, 0) is 25.0 Å². The quantitative estimate of drug-likeness (QED) is 0.356. The van der Waals surface area contributed by atoms with Crippen molar-refractivity contribution in [3.63, 3.8) is 0 Å². The standard InChI is InChI=1S/C13H17N3O2/c14-13(15)16-8-4-5-10(9-16)12(17)18-11-6-2-1-3-7-11/h1-3,6-7,10H,4-5,8-9H2,(H3,14,15). The van der Waals surface area contributed by atoms with Gasteiger partial charge in [-0.2, -0.15) is 0 Å². The number of nitrogens with zero attached hydrogens (tertiary/aromatic N) is 1. The molecule has 1 atom stereocenters. The molecule has 1 heterocycles. The van der Waals surface area contributed by atoms with Gasteiger partial charge >= 0.3 is 5.97 Å². The van der Waals surface area contributed by atoms with Crippen LogP contribution in [0.3, 0.4) is 0 Å². The van der Waals surface area contributed by atoms with E-state index in [1.807, 2.05) is 18.2 Å². The van der Waals surface area contributed by atoms with Crippen LogP contribution >= 0.6 is 0 Å². The minimum absolute atomic E-state index is 0.0206. The van der Waals surface area contributed by atoms with Gasteiger partial charge in [-0.25, -0.2) is 0 Å². The van der Waals surface area contributed by atoms with E-state index in [0.717, 1.165) is 19.4 Å². The Morgan fingerprint density at radius 3 is 2.78 bits per heavy atom. The highest BCUT2D eigenvalue weighted by Gasteiger charge is 2.27. The second-order valence-electron chi connectivity index (χ2n) is 4.40. The summed E-state index contributed by atoms with van der Waals surface area (Å²) < 4.78 is 5.31. The lowest BCUT2D eigenvalue weighted by Crippen LogP contribution is -2.46. The SMILES string of the molecule is N=C(N)N1CCCC(C(=O)Oc2ccccc2)C1. The summed E-state index contributed by atoms with van der Waals surface area (Å²) in [5.41, 5.74) is 5.44. The fourth-order valence-corrected chi connectivity index (χ4v) is 2.08. The molecule has 0 radical (unpaired) electrons. The van der Waals surface area contributed by atoms with Crippen LogP contribution in [0.5, 0.6) is 5.75 Å². The van der Waals surface area contributed by atoms with Gasteiger partial charge in [-0.3, -0.25) is 10.2 Å². The van der Waals surface area contributed by atoms with E-state index in [-0.39, 0.29) is 17.8 Å². The minimum atomic E-state index is -0.243. The Balaban J connectivity index is 1.95. The molecule has 0 bridgehead atoms. The van der Waals surface area contributed by atoms with Crippen LogP contribution < -0.4 is 10.5 Å². The Morgan fingerprint density at radius 1 is 1.39 bits per heavy atom. The van der Waals surface area contributed by atoms with Crippen molar-refractivity contribution in [2.24, 2.45) is 11.7 Å². The highest BCUT2D eigenvalue weighted by molar-refractivity contribution is 5.78. The first-order chi connectivity index (χ1) is 8.66. The summed E-state index contributed by atoms with van der Waals surface area (Å²) in [6, 6.07) is 9.03. The number of nitrogens with two attached hydrogens (primary N) is 1. The smallest absolute Gasteiger partial charge is 0.316 e. The van der Waals surface area contributed by atoms with Gasteiger partial charge in [0.1, 0.15) is 5.75 Å². The average Bonchev–Trinajstić information content (AvgIpc) is 2.40. The first-order valence-corrected chi connectivity index (χ1v) is 6.02. The van der Waals surface area contributed by atoms with Gasteiger partial charge in [0.2, 0.25) is 0 Å². The van der Waals surface area contributed by atoms with Crippen LogP contribution in [-0.2, 0) is 4.79 Å². The predicted octanol–water partition coefficient (Wildman–Crippen LogP) is 1.20. The lowest BCUT2D eigenvalue weighted by atomic mass is 9.98. The molecule has 1 saturated heterocycles. The number of hydrogen-bond donors (Lipinski definition) is 2. The third-order valence-corrected chi connectivity index (χ3v) is 3.06. The maximum atomic E-state index is 12.0. The molecule has 1 fully saturated rings. The third kappa shape index (κ3) is 3.00. The first kappa shape index (κ1) is 12.4. The number of piperidine rings is 1. The van der Waals surface area contributed by atoms with Gasteiger partial charge in [0, 0.05) is 13.1 Å². The summed E-state index contributed by atoms with van der Waals surface area (Å²) in [7, 11) is 0. The summed E-state index contributed by atoms with van der Waals surface area (Å²) in [5.74, 6) is 0.129. The number of benzene rings is 1. The molecule has 5 heteroatoms. The van der Waals surface area contributed by atoms with Gasteiger partial charge in [0.25, 0.3) is 0 Å². The molecule has 18 heavy (non-hydrogen) atoms. The van der Waals surface area contributed by atoms with Crippen LogP contribution in [0.1, 0.15) is 12.8 Å². The highest BCUT2D eigenvalue weighted by atomic mass is 16.5. The number of ether oxygens (including phenoxy) is 1. The normalized spacial score (nSPS) is 19.3. The zero-order valence-corrected chi connectivity index (χ0v) is 10.1.